The van der Waals surface area contributed by atoms with Gasteiger partial charge in [0.2, 0.25) is 0 Å². The standard InChI is InChI=1S/C15H20N2O2/c1-9-2-5-14(18)13(6-9)15(19)17-11-3-4-12(17)8-10(16)7-11/h2,5-6,10-12,18H,3-4,7-8,16H2,1H3. The molecule has 2 bridgehead atoms. The van der Waals surface area contributed by atoms with Crippen LogP contribution in [0.1, 0.15) is 41.6 Å². The van der Waals surface area contributed by atoms with Crippen molar-refractivity contribution in [2.24, 2.45) is 5.73 Å². The summed E-state index contributed by atoms with van der Waals surface area (Å²) in [5, 5.41) is 9.91. The van der Waals surface area contributed by atoms with Gasteiger partial charge in [0.1, 0.15) is 5.75 Å². The van der Waals surface area contributed by atoms with Crippen LogP contribution in [0.25, 0.3) is 0 Å². The topological polar surface area (TPSA) is 66.6 Å². The molecule has 2 atom stereocenters. The Balaban J connectivity index is 1.90. The van der Waals surface area contributed by atoms with E-state index in [0.717, 1.165) is 31.2 Å². The predicted molar refractivity (Wildman–Crippen MR) is 73.0 cm³/mol. The molecule has 4 heteroatoms. The average Bonchev–Trinajstić information content (AvgIpc) is 2.64. The van der Waals surface area contributed by atoms with Crippen molar-refractivity contribution in [3.8, 4) is 5.75 Å². The summed E-state index contributed by atoms with van der Waals surface area (Å²) in [4.78, 5) is 14.6. The molecule has 19 heavy (non-hydrogen) atoms. The van der Waals surface area contributed by atoms with E-state index in [9.17, 15) is 9.90 Å². The second-order valence-corrected chi connectivity index (χ2v) is 5.85. The fourth-order valence-electron chi connectivity index (χ4n) is 3.51. The molecule has 2 aliphatic heterocycles. The fraction of sp³-hybridized carbons (Fsp3) is 0.533. The molecule has 0 radical (unpaired) electrons. The molecule has 0 aromatic heterocycles. The molecular formula is C15H20N2O2. The number of carbonyl (C=O) groups excluding carboxylic acids is 1. The summed E-state index contributed by atoms with van der Waals surface area (Å²) in [7, 11) is 0. The number of hydrogen-bond acceptors (Lipinski definition) is 3. The highest BCUT2D eigenvalue weighted by molar-refractivity contribution is 5.97. The highest BCUT2D eigenvalue weighted by atomic mass is 16.3. The van der Waals surface area contributed by atoms with Crippen molar-refractivity contribution in [1.82, 2.24) is 4.90 Å². The monoisotopic (exact) mass is 260 g/mol. The van der Waals surface area contributed by atoms with Crippen molar-refractivity contribution in [3.05, 3.63) is 29.3 Å². The van der Waals surface area contributed by atoms with Crippen molar-refractivity contribution in [2.45, 2.75) is 50.7 Å². The Morgan fingerprint density at radius 3 is 2.58 bits per heavy atom. The number of aryl methyl sites for hydroxylation is 1. The molecule has 1 aromatic carbocycles. The average molecular weight is 260 g/mol. The van der Waals surface area contributed by atoms with E-state index >= 15 is 0 Å². The molecular weight excluding hydrogens is 240 g/mol. The summed E-state index contributed by atoms with van der Waals surface area (Å²) in [5.74, 6) is 0.0328. The zero-order valence-electron chi connectivity index (χ0n) is 11.2. The zero-order chi connectivity index (χ0) is 13.6. The summed E-state index contributed by atoms with van der Waals surface area (Å²) in [6, 6.07) is 5.90. The number of nitrogens with two attached hydrogens (primary N) is 1. The highest BCUT2D eigenvalue weighted by Crippen LogP contribution is 2.37. The Labute approximate surface area is 113 Å². The lowest BCUT2D eigenvalue weighted by atomic mass is 9.97. The minimum absolute atomic E-state index is 0.0411. The Kier molecular flexibility index (Phi) is 2.97. The summed E-state index contributed by atoms with van der Waals surface area (Å²) < 4.78 is 0. The van der Waals surface area contributed by atoms with Crippen molar-refractivity contribution in [1.29, 1.82) is 0 Å². The number of phenols is 1. The molecule has 102 valence electrons. The van der Waals surface area contributed by atoms with Gasteiger partial charge in [-0.2, -0.15) is 0 Å². The van der Waals surface area contributed by atoms with Crippen LogP contribution in [-0.2, 0) is 0 Å². The van der Waals surface area contributed by atoms with Crippen LogP contribution in [0.5, 0.6) is 5.75 Å². The van der Waals surface area contributed by atoms with Gasteiger partial charge in [-0.25, -0.2) is 0 Å². The van der Waals surface area contributed by atoms with Crippen molar-refractivity contribution < 1.29 is 9.90 Å². The lowest BCUT2D eigenvalue weighted by molar-refractivity contribution is 0.0572. The maximum absolute atomic E-state index is 12.7. The number of carbonyl (C=O) groups is 1. The first-order valence-electron chi connectivity index (χ1n) is 6.94. The maximum Gasteiger partial charge on any atom is 0.258 e. The fourth-order valence-corrected chi connectivity index (χ4v) is 3.51. The first-order chi connectivity index (χ1) is 9.06. The van der Waals surface area contributed by atoms with E-state index < -0.39 is 0 Å². The van der Waals surface area contributed by atoms with E-state index in [1.165, 1.54) is 0 Å². The molecule has 3 rings (SSSR count). The van der Waals surface area contributed by atoms with Crippen molar-refractivity contribution >= 4 is 5.91 Å². The van der Waals surface area contributed by atoms with Crippen LogP contribution in [0.4, 0.5) is 0 Å². The van der Waals surface area contributed by atoms with E-state index in [1.54, 1.807) is 12.1 Å². The van der Waals surface area contributed by atoms with Gasteiger partial charge in [-0.1, -0.05) is 11.6 Å². The number of nitrogens with zero attached hydrogens (tertiary/aromatic N) is 1. The van der Waals surface area contributed by atoms with Crippen LogP contribution in [0.2, 0.25) is 0 Å². The first-order valence-corrected chi connectivity index (χ1v) is 6.94. The van der Waals surface area contributed by atoms with Gasteiger partial charge in [-0.3, -0.25) is 4.79 Å². The van der Waals surface area contributed by atoms with E-state index in [4.69, 9.17) is 5.73 Å². The third-order valence-electron chi connectivity index (χ3n) is 4.39. The Morgan fingerprint density at radius 1 is 1.32 bits per heavy atom. The molecule has 1 aromatic rings. The summed E-state index contributed by atoms with van der Waals surface area (Å²) in [6.07, 6.45) is 3.84. The van der Waals surface area contributed by atoms with Crippen LogP contribution < -0.4 is 5.73 Å². The maximum atomic E-state index is 12.7. The molecule has 2 heterocycles. The summed E-state index contributed by atoms with van der Waals surface area (Å²) in [5.41, 5.74) is 7.43. The van der Waals surface area contributed by atoms with Gasteiger partial charge in [-0.05, 0) is 44.7 Å². The number of piperidine rings is 1. The van der Waals surface area contributed by atoms with E-state index in [2.05, 4.69) is 0 Å². The number of hydrogen-bond donors (Lipinski definition) is 2. The minimum atomic E-state index is -0.0411. The molecule has 0 aliphatic carbocycles. The highest BCUT2D eigenvalue weighted by Gasteiger charge is 2.42. The van der Waals surface area contributed by atoms with Gasteiger partial charge < -0.3 is 15.7 Å². The molecule has 2 fully saturated rings. The molecule has 2 aliphatic rings. The van der Waals surface area contributed by atoms with E-state index in [0.29, 0.717) is 5.56 Å². The molecule has 1 amide bonds. The predicted octanol–water partition coefficient (Wildman–Crippen LogP) is 1.79. The Bertz CT molecular complexity index is 501. The van der Waals surface area contributed by atoms with Crippen LogP contribution in [-0.4, -0.2) is 34.0 Å². The number of benzene rings is 1. The number of rotatable bonds is 1. The smallest absolute Gasteiger partial charge is 0.258 e. The third kappa shape index (κ3) is 2.10. The van der Waals surface area contributed by atoms with Gasteiger partial charge in [0.25, 0.3) is 5.91 Å². The Hall–Kier alpha value is -1.55. The number of phenolic OH excluding ortho intramolecular Hbond substituents is 1. The van der Waals surface area contributed by atoms with Crippen molar-refractivity contribution in [2.75, 3.05) is 0 Å². The van der Waals surface area contributed by atoms with Crippen LogP contribution in [0.15, 0.2) is 18.2 Å². The quantitative estimate of drug-likeness (QED) is 0.809. The largest absolute Gasteiger partial charge is 0.507 e. The normalized spacial score (nSPS) is 29.6. The van der Waals surface area contributed by atoms with Gasteiger partial charge in [-0.15, -0.1) is 0 Å². The summed E-state index contributed by atoms with van der Waals surface area (Å²) in [6.45, 7) is 1.93. The number of aromatic hydroxyl groups is 1. The Morgan fingerprint density at radius 2 is 1.95 bits per heavy atom. The lowest BCUT2D eigenvalue weighted by Crippen LogP contribution is -2.50. The first kappa shape index (κ1) is 12.5. The second kappa shape index (κ2) is 4.53. The van der Waals surface area contributed by atoms with Crippen LogP contribution in [0, 0.1) is 6.92 Å². The van der Waals surface area contributed by atoms with Gasteiger partial charge >= 0.3 is 0 Å². The molecule has 2 saturated heterocycles. The third-order valence-corrected chi connectivity index (χ3v) is 4.39. The number of fused-ring (bicyclic) bond motifs is 2. The minimum Gasteiger partial charge on any atom is -0.507 e. The van der Waals surface area contributed by atoms with Crippen molar-refractivity contribution in [3.63, 3.8) is 0 Å². The van der Waals surface area contributed by atoms with Gasteiger partial charge in [0, 0.05) is 18.1 Å². The molecule has 3 N–H and O–H groups in total. The van der Waals surface area contributed by atoms with Gasteiger partial charge in [0.15, 0.2) is 0 Å². The molecule has 4 nitrogen and oxygen atoms in total. The molecule has 0 spiro atoms. The van der Waals surface area contributed by atoms with E-state index in [1.807, 2.05) is 17.9 Å². The molecule has 2 unspecified atom stereocenters. The van der Waals surface area contributed by atoms with Crippen LogP contribution >= 0.6 is 0 Å². The zero-order valence-corrected chi connectivity index (χ0v) is 11.2. The summed E-state index contributed by atoms with van der Waals surface area (Å²) >= 11 is 0. The number of amides is 1. The molecule has 0 saturated carbocycles. The van der Waals surface area contributed by atoms with Crippen LogP contribution in [0.3, 0.4) is 0 Å². The van der Waals surface area contributed by atoms with E-state index in [-0.39, 0.29) is 29.8 Å². The lowest BCUT2D eigenvalue weighted by Gasteiger charge is -2.37. The SMILES string of the molecule is Cc1ccc(O)c(C(=O)N2C3CCC2CC(N)C3)c1. The van der Waals surface area contributed by atoms with Gasteiger partial charge in [0.05, 0.1) is 5.56 Å². The second-order valence-electron chi connectivity index (χ2n) is 5.85.